The molecule has 1 aliphatic heterocycles. The normalized spacial score (nSPS) is 16.1. The van der Waals surface area contributed by atoms with Gasteiger partial charge in [-0.2, -0.15) is 0 Å². The van der Waals surface area contributed by atoms with Crippen molar-refractivity contribution in [2.75, 3.05) is 6.61 Å². The molecule has 0 bridgehead atoms. The SMILES string of the molecule is O=C(NO)C1CCc2ccc(OCCc3ccccc3)cc2O1. The summed E-state index contributed by atoms with van der Waals surface area (Å²) < 4.78 is 11.4. The third-order valence-corrected chi connectivity index (χ3v) is 3.89. The van der Waals surface area contributed by atoms with Crippen LogP contribution in [0, 0.1) is 0 Å². The van der Waals surface area contributed by atoms with Crippen molar-refractivity contribution < 1.29 is 19.5 Å². The fourth-order valence-electron chi connectivity index (χ4n) is 2.63. The predicted octanol–water partition coefficient (Wildman–Crippen LogP) is 2.51. The predicted molar refractivity (Wildman–Crippen MR) is 84.7 cm³/mol. The monoisotopic (exact) mass is 313 g/mol. The maximum absolute atomic E-state index is 11.5. The van der Waals surface area contributed by atoms with E-state index in [1.807, 2.05) is 30.3 Å². The quantitative estimate of drug-likeness (QED) is 0.657. The second kappa shape index (κ2) is 7.15. The molecule has 3 rings (SSSR count). The summed E-state index contributed by atoms with van der Waals surface area (Å²) >= 11 is 0. The standard InChI is InChI=1S/C18H19NO4/c20-18(19-21)16-9-7-14-6-8-15(12-17(14)23-16)22-11-10-13-4-2-1-3-5-13/h1-6,8,12,16,21H,7,9-11H2,(H,19,20). The average Bonchev–Trinajstić information content (AvgIpc) is 2.61. The molecule has 2 N–H and O–H groups in total. The van der Waals surface area contributed by atoms with Gasteiger partial charge in [0.15, 0.2) is 6.10 Å². The first kappa shape index (κ1) is 15.4. The van der Waals surface area contributed by atoms with E-state index < -0.39 is 12.0 Å². The van der Waals surface area contributed by atoms with E-state index in [0.717, 1.165) is 18.4 Å². The smallest absolute Gasteiger partial charge is 0.284 e. The van der Waals surface area contributed by atoms with Crippen molar-refractivity contribution in [2.24, 2.45) is 0 Å². The molecule has 0 saturated carbocycles. The maximum atomic E-state index is 11.5. The van der Waals surface area contributed by atoms with Crippen LogP contribution in [0.25, 0.3) is 0 Å². The summed E-state index contributed by atoms with van der Waals surface area (Å²) in [4.78, 5) is 11.5. The Labute approximate surface area is 134 Å². The van der Waals surface area contributed by atoms with Crippen LogP contribution in [-0.2, 0) is 17.6 Å². The van der Waals surface area contributed by atoms with Crippen LogP contribution in [0.5, 0.6) is 11.5 Å². The van der Waals surface area contributed by atoms with E-state index in [2.05, 4.69) is 12.1 Å². The molecule has 1 atom stereocenters. The first-order chi connectivity index (χ1) is 11.3. The number of hydrogen-bond acceptors (Lipinski definition) is 4. The van der Waals surface area contributed by atoms with Crippen LogP contribution in [-0.4, -0.2) is 23.8 Å². The Kier molecular flexibility index (Phi) is 4.78. The van der Waals surface area contributed by atoms with Crippen LogP contribution in [0.2, 0.25) is 0 Å². The fraction of sp³-hybridized carbons (Fsp3) is 0.278. The second-order valence-electron chi connectivity index (χ2n) is 5.47. The molecule has 1 aliphatic rings. The highest BCUT2D eigenvalue weighted by Crippen LogP contribution is 2.31. The molecule has 0 radical (unpaired) electrons. The molecule has 0 aliphatic carbocycles. The molecule has 1 heterocycles. The number of rotatable bonds is 5. The van der Waals surface area contributed by atoms with E-state index in [1.165, 1.54) is 5.56 Å². The van der Waals surface area contributed by atoms with E-state index >= 15 is 0 Å². The highest BCUT2D eigenvalue weighted by molar-refractivity contribution is 5.80. The minimum absolute atomic E-state index is 0.522. The maximum Gasteiger partial charge on any atom is 0.284 e. The van der Waals surface area contributed by atoms with Crippen LogP contribution in [0.4, 0.5) is 0 Å². The second-order valence-corrected chi connectivity index (χ2v) is 5.47. The van der Waals surface area contributed by atoms with Gasteiger partial charge in [-0.3, -0.25) is 10.0 Å². The molecule has 2 aromatic rings. The summed E-state index contributed by atoms with van der Waals surface area (Å²) in [5.74, 6) is 0.831. The van der Waals surface area contributed by atoms with Gasteiger partial charge in [0.25, 0.3) is 5.91 Å². The van der Waals surface area contributed by atoms with E-state index in [4.69, 9.17) is 14.7 Å². The van der Waals surface area contributed by atoms with E-state index in [0.29, 0.717) is 24.5 Å². The van der Waals surface area contributed by atoms with Crippen LogP contribution in [0.15, 0.2) is 48.5 Å². The minimum atomic E-state index is -0.660. The highest BCUT2D eigenvalue weighted by atomic mass is 16.5. The Bertz CT molecular complexity index is 672. The van der Waals surface area contributed by atoms with Gasteiger partial charge in [-0.15, -0.1) is 0 Å². The van der Waals surface area contributed by atoms with Gasteiger partial charge in [0.05, 0.1) is 6.61 Å². The van der Waals surface area contributed by atoms with Crippen LogP contribution in [0.1, 0.15) is 17.5 Å². The summed E-state index contributed by atoms with van der Waals surface area (Å²) in [6.07, 6.45) is 1.45. The van der Waals surface area contributed by atoms with E-state index in [1.54, 1.807) is 11.5 Å². The number of benzene rings is 2. The van der Waals surface area contributed by atoms with Crippen molar-refractivity contribution in [1.82, 2.24) is 5.48 Å². The number of carbonyl (C=O) groups excluding carboxylic acids is 1. The molecule has 0 fully saturated rings. The Morgan fingerprint density at radius 2 is 2.09 bits per heavy atom. The first-order valence-electron chi connectivity index (χ1n) is 7.66. The molecule has 2 aromatic carbocycles. The zero-order valence-electron chi connectivity index (χ0n) is 12.7. The van der Waals surface area contributed by atoms with Gasteiger partial charge >= 0.3 is 0 Å². The number of aryl methyl sites for hydroxylation is 1. The summed E-state index contributed by atoms with van der Waals surface area (Å²) in [6, 6.07) is 15.8. The van der Waals surface area contributed by atoms with Gasteiger partial charge in [-0.25, -0.2) is 5.48 Å². The van der Waals surface area contributed by atoms with Gasteiger partial charge in [-0.05, 0) is 30.0 Å². The van der Waals surface area contributed by atoms with Crippen LogP contribution < -0.4 is 15.0 Å². The topological polar surface area (TPSA) is 67.8 Å². The van der Waals surface area contributed by atoms with Gasteiger partial charge in [0, 0.05) is 12.5 Å². The van der Waals surface area contributed by atoms with Crippen molar-refractivity contribution in [2.45, 2.75) is 25.4 Å². The number of hydrogen-bond donors (Lipinski definition) is 2. The molecular weight excluding hydrogens is 294 g/mol. The van der Waals surface area contributed by atoms with Crippen molar-refractivity contribution in [3.63, 3.8) is 0 Å². The molecule has 120 valence electrons. The number of hydroxylamine groups is 1. The molecule has 0 saturated heterocycles. The highest BCUT2D eigenvalue weighted by Gasteiger charge is 2.26. The fourth-order valence-corrected chi connectivity index (χ4v) is 2.63. The Morgan fingerprint density at radius 3 is 2.87 bits per heavy atom. The van der Waals surface area contributed by atoms with Gasteiger partial charge in [0.1, 0.15) is 11.5 Å². The molecule has 5 nitrogen and oxygen atoms in total. The van der Waals surface area contributed by atoms with E-state index in [-0.39, 0.29) is 0 Å². The average molecular weight is 313 g/mol. The Hall–Kier alpha value is -2.53. The number of carbonyl (C=O) groups is 1. The summed E-state index contributed by atoms with van der Waals surface area (Å²) in [5.41, 5.74) is 3.90. The molecule has 0 spiro atoms. The van der Waals surface area contributed by atoms with Crippen LogP contribution in [0.3, 0.4) is 0 Å². The zero-order chi connectivity index (χ0) is 16.1. The molecular formula is C18H19NO4. The largest absolute Gasteiger partial charge is 0.493 e. The molecule has 1 amide bonds. The Morgan fingerprint density at radius 1 is 1.26 bits per heavy atom. The van der Waals surface area contributed by atoms with Gasteiger partial charge in [-0.1, -0.05) is 36.4 Å². The van der Waals surface area contributed by atoms with Gasteiger partial charge < -0.3 is 9.47 Å². The third kappa shape index (κ3) is 3.81. The zero-order valence-corrected chi connectivity index (χ0v) is 12.7. The number of ether oxygens (including phenoxy) is 2. The molecule has 23 heavy (non-hydrogen) atoms. The third-order valence-electron chi connectivity index (χ3n) is 3.89. The molecule has 0 aromatic heterocycles. The van der Waals surface area contributed by atoms with Crippen molar-refractivity contribution in [1.29, 1.82) is 0 Å². The lowest BCUT2D eigenvalue weighted by Gasteiger charge is -2.24. The number of nitrogens with one attached hydrogen (secondary N) is 1. The number of amides is 1. The summed E-state index contributed by atoms with van der Waals surface area (Å²) in [5, 5.41) is 8.71. The molecule has 1 unspecified atom stereocenters. The summed E-state index contributed by atoms with van der Waals surface area (Å²) in [7, 11) is 0. The van der Waals surface area contributed by atoms with Crippen LogP contribution >= 0.6 is 0 Å². The lowest BCUT2D eigenvalue weighted by molar-refractivity contribution is -0.137. The molecule has 5 heteroatoms. The van der Waals surface area contributed by atoms with Crippen molar-refractivity contribution in [3.8, 4) is 11.5 Å². The Balaban J connectivity index is 1.61. The van der Waals surface area contributed by atoms with Crippen molar-refractivity contribution >= 4 is 5.91 Å². The van der Waals surface area contributed by atoms with Gasteiger partial charge in [0.2, 0.25) is 0 Å². The summed E-state index contributed by atoms with van der Waals surface area (Å²) in [6.45, 7) is 0.573. The lowest BCUT2D eigenvalue weighted by atomic mass is 10.0. The lowest BCUT2D eigenvalue weighted by Crippen LogP contribution is -2.38. The van der Waals surface area contributed by atoms with Crippen molar-refractivity contribution in [3.05, 3.63) is 59.7 Å². The van der Waals surface area contributed by atoms with E-state index in [9.17, 15) is 4.79 Å². The number of fused-ring (bicyclic) bond motifs is 1. The first-order valence-corrected chi connectivity index (χ1v) is 7.66. The minimum Gasteiger partial charge on any atom is -0.493 e.